The van der Waals surface area contributed by atoms with E-state index >= 15 is 0 Å². The average molecular weight is 208 g/mol. The highest BCUT2D eigenvalue weighted by atomic mass is 16.4. The van der Waals surface area contributed by atoms with Crippen molar-refractivity contribution in [2.75, 3.05) is 0 Å². The van der Waals surface area contributed by atoms with Gasteiger partial charge in [0.15, 0.2) is 0 Å². The fourth-order valence-corrected chi connectivity index (χ4v) is 2.41. The van der Waals surface area contributed by atoms with Crippen molar-refractivity contribution in [3.8, 4) is 0 Å². The molecule has 1 saturated carbocycles. The fourth-order valence-electron chi connectivity index (χ4n) is 2.41. The summed E-state index contributed by atoms with van der Waals surface area (Å²) in [6.07, 6.45) is 5.76. The molecule has 1 heterocycles. The van der Waals surface area contributed by atoms with E-state index < -0.39 is 5.97 Å². The van der Waals surface area contributed by atoms with Crippen molar-refractivity contribution in [2.24, 2.45) is 13.0 Å². The van der Waals surface area contributed by atoms with E-state index in [1.807, 2.05) is 19.3 Å². The summed E-state index contributed by atoms with van der Waals surface area (Å²) in [7, 11) is 1.86. The van der Waals surface area contributed by atoms with Crippen molar-refractivity contribution in [2.45, 2.75) is 31.6 Å². The van der Waals surface area contributed by atoms with Crippen molar-refractivity contribution in [3.05, 3.63) is 18.0 Å². The Kier molecular flexibility index (Phi) is 2.75. The van der Waals surface area contributed by atoms with Gasteiger partial charge in [-0.1, -0.05) is 12.8 Å². The van der Waals surface area contributed by atoms with Gasteiger partial charge in [0.2, 0.25) is 0 Å². The van der Waals surface area contributed by atoms with Crippen LogP contribution in [0.15, 0.2) is 12.3 Å². The van der Waals surface area contributed by atoms with Gasteiger partial charge in [-0.25, -0.2) is 0 Å². The van der Waals surface area contributed by atoms with Crippen molar-refractivity contribution >= 4 is 5.97 Å². The summed E-state index contributed by atoms with van der Waals surface area (Å²) in [6, 6.07) is 1.94. The third-order valence-corrected chi connectivity index (χ3v) is 3.20. The zero-order chi connectivity index (χ0) is 10.8. The Balaban J connectivity index is 2.21. The maximum atomic E-state index is 11.1. The van der Waals surface area contributed by atoms with Crippen LogP contribution in [0.4, 0.5) is 0 Å². The quantitative estimate of drug-likeness (QED) is 0.806. The normalized spacial score (nSPS) is 26.5. The van der Waals surface area contributed by atoms with Crippen LogP contribution in [0, 0.1) is 5.92 Å². The first-order valence-electron chi connectivity index (χ1n) is 5.41. The van der Waals surface area contributed by atoms with Crippen LogP contribution in [-0.2, 0) is 11.8 Å². The molecule has 2 rings (SSSR count). The lowest BCUT2D eigenvalue weighted by atomic mass is 9.77. The first-order chi connectivity index (χ1) is 7.18. The van der Waals surface area contributed by atoms with E-state index in [0.29, 0.717) is 0 Å². The number of hydrogen-bond acceptors (Lipinski definition) is 2. The smallest absolute Gasteiger partial charge is 0.307 e. The molecule has 0 aromatic carbocycles. The van der Waals surface area contributed by atoms with Gasteiger partial charge in [-0.05, 0) is 18.9 Å². The number of aromatic nitrogens is 2. The lowest BCUT2D eigenvalue weighted by molar-refractivity contribution is -0.143. The zero-order valence-corrected chi connectivity index (χ0v) is 8.89. The molecule has 2 atom stereocenters. The van der Waals surface area contributed by atoms with Crippen molar-refractivity contribution < 1.29 is 9.90 Å². The molecule has 82 valence electrons. The van der Waals surface area contributed by atoms with Gasteiger partial charge in [-0.15, -0.1) is 0 Å². The SMILES string of the molecule is Cn1ccc(C2CCCCC2C(=O)O)n1. The summed E-state index contributed by atoms with van der Waals surface area (Å²) >= 11 is 0. The molecule has 1 N–H and O–H groups in total. The third-order valence-electron chi connectivity index (χ3n) is 3.20. The summed E-state index contributed by atoms with van der Waals surface area (Å²) < 4.78 is 1.74. The molecule has 0 aliphatic heterocycles. The largest absolute Gasteiger partial charge is 0.481 e. The molecular formula is C11H16N2O2. The molecule has 0 spiro atoms. The number of aryl methyl sites for hydroxylation is 1. The lowest BCUT2D eigenvalue weighted by Gasteiger charge is -2.26. The van der Waals surface area contributed by atoms with Crippen LogP contribution in [0.1, 0.15) is 37.3 Å². The van der Waals surface area contributed by atoms with E-state index in [0.717, 1.165) is 31.4 Å². The first-order valence-corrected chi connectivity index (χ1v) is 5.41. The second-order valence-corrected chi connectivity index (χ2v) is 4.25. The Hall–Kier alpha value is -1.32. The van der Waals surface area contributed by atoms with Crippen molar-refractivity contribution in [3.63, 3.8) is 0 Å². The van der Waals surface area contributed by atoms with E-state index in [-0.39, 0.29) is 11.8 Å². The Labute approximate surface area is 88.9 Å². The minimum Gasteiger partial charge on any atom is -0.481 e. The number of aliphatic carboxylic acids is 1. The van der Waals surface area contributed by atoms with Gasteiger partial charge >= 0.3 is 5.97 Å². The van der Waals surface area contributed by atoms with Gasteiger partial charge in [-0.2, -0.15) is 5.10 Å². The number of rotatable bonds is 2. The van der Waals surface area contributed by atoms with Gasteiger partial charge in [0.05, 0.1) is 11.6 Å². The van der Waals surface area contributed by atoms with Crippen LogP contribution in [0.3, 0.4) is 0 Å². The molecule has 1 aliphatic carbocycles. The highest BCUT2D eigenvalue weighted by molar-refractivity contribution is 5.71. The molecule has 0 saturated heterocycles. The Morgan fingerprint density at radius 2 is 2.27 bits per heavy atom. The van der Waals surface area contributed by atoms with E-state index in [4.69, 9.17) is 5.11 Å². The minimum atomic E-state index is -0.676. The van der Waals surface area contributed by atoms with E-state index in [2.05, 4.69) is 5.10 Å². The summed E-state index contributed by atoms with van der Waals surface area (Å²) in [6.45, 7) is 0. The Morgan fingerprint density at radius 3 is 2.87 bits per heavy atom. The zero-order valence-electron chi connectivity index (χ0n) is 8.89. The number of carboxylic acids is 1. The highest BCUT2D eigenvalue weighted by Gasteiger charge is 2.33. The van der Waals surface area contributed by atoms with Crippen LogP contribution in [0.2, 0.25) is 0 Å². The summed E-state index contributed by atoms with van der Waals surface area (Å²) in [5.74, 6) is -0.809. The number of hydrogen-bond donors (Lipinski definition) is 1. The third kappa shape index (κ3) is 2.03. The molecule has 1 aromatic rings. The molecule has 0 amide bonds. The topological polar surface area (TPSA) is 55.1 Å². The molecule has 0 radical (unpaired) electrons. The molecule has 15 heavy (non-hydrogen) atoms. The van der Waals surface area contributed by atoms with Crippen molar-refractivity contribution in [1.29, 1.82) is 0 Å². The van der Waals surface area contributed by atoms with E-state index in [1.165, 1.54) is 0 Å². The van der Waals surface area contributed by atoms with Gasteiger partial charge in [0, 0.05) is 19.2 Å². The van der Waals surface area contributed by atoms with Gasteiger partial charge in [-0.3, -0.25) is 9.48 Å². The molecule has 1 fully saturated rings. The van der Waals surface area contributed by atoms with Crippen LogP contribution in [0.25, 0.3) is 0 Å². The predicted octanol–water partition coefficient (Wildman–Crippen LogP) is 1.78. The Morgan fingerprint density at radius 1 is 1.53 bits per heavy atom. The Bertz CT molecular complexity index is 359. The number of carbonyl (C=O) groups is 1. The van der Waals surface area contributed by atoms with Gasteiger partial charge in [0.1, 0.15) is 0 Å². The molecule has 1 aliphatic rings. The number of carboxylic acid groups (broad SMARTS) is 1. The van der Waals surface area contributed by atoms with Crippen LogP contribution >= 0.6 is 0 Å². The molecule has 1 aromatic heterocycles. The number of nitrogens with zero attached hydrogens (tertiary/aromatic N) is 2. The minimum absolute atomic E-state index is 0.109. The fraction of sp³-hybridized carbons (Fsp3) is 0.636. The average Bonchev–Trinajstić information content (AvgIpc) is 2.65. The van der Waals surface area contributed by atoms with Gasteiger partial charge in [0.25, 0.3) is 0 Å². The predicted molar refractivity (Wildman–Crippen MR) is 55.5 cm³/mol. The van der Waals surface area contributed by atoms with Crippen LogP contribution in [0.5, 0.6) is 0 Å². The summed E-state index contributed by atoms with van der Waals surface area (Å²) in [5, 5.41) is 13.5. The van der Waals surface area contributed by atoms with Crippen LogP contribution < -0.4 is 0 Å². The lowest BCUT2D eigenvalue weighted by Crippen LogP contribution is -2.25. The molecule has 4 nitrogen and oxygen atoms in total. The van der Waals surface area contributed by atoms with E-state index in [9.17, 15) is 4.79 Å². The monoisotopic (exact) mass is 208 g/mol. The maximum Gasteiger partial charge on any atom is 0.307 e. The highest BCUT2D eigenvalue weighted by Crippen LogP contribution is 2.36. The summed E-state index contributed by atoms with van der Waals surface area (Å²) in [5.41, 5.74) is 0.935. The van der Waals surface area contributed by atoms with Gasteiger partial charge < -0.3 is 5.11 Å². The maximum absolute atomic E-state index is 11.1. The summed E-state index contributed by atoms with van der Waals surface area (Å²) in [4.78, 5) is 11.1. The van der Waals surface area contributed by atoms with E-state index in [1.54, 1.807) is 4.68 Å². The standard InChI is InChI=1S/C11H16N2O2/c1-13-7-6-10(12-13)8-4-2-3-5-9(8)11(14)15/h6-9H,2-5H2,1H3,(H,14,15). The van der Waals surface area contributed by atoms with Crippen LogP contribution in [-0.4, -0.2) is 20.9 Å². The second-order valence-electron chi connectivity index (χ2n) is 4.25. The molecule has 2 unspecified atom stereocenters. The molecule has 0 bridgehead atoms. The molecular weight excluding hydrogens is 192 g/mol. The van der Waals surface area contributed by atoms with Crippen molar-refractivity contribution in [1.82, 2.24) is 9.78 Å². The second kappa shape index (κ2) is 4.04. The molecule has 4 heteroatoms. The first kappa shape index (κ1) is 10.2.